The molecular formula is C13H16INO2. The Morgan fingerprint density at radius 1 is 1.35 bits per heavy atom. The van der Waals surface area contributed by atoms with E-state index in [1.54, 1.807) is 0 Å². The number of carbonyl (C=O) groups is 1. The number of aliphatic hydroxyl groups is 1. The standard InChI is InChI=1S/C13H16INO2/c14-11-6-2-1-5-10(11)12(17)15-13(9-16)7-3-4-8-13/h1-2,5-6,16H,3-4,7-9H2,(H,15,17). The Balaban J connectivity index is 2.14. The summed E-state index contributed by atoms with van der Waals surface area (Å²) in [5.41, 5.74) is 0.295. The van der Waals surface area contributed by atoms with E-state index in [0.717, 1.165) is 29.3 Å². The van der Waals surface area contributed by atoms with Crippen molar-refractivity contribution in [2.45, 2.75) is 31.2 Å². The van der Waals surface area contributed by atoms with Crippen LogP contribution in [0.5, 0.6) is 0 Å². The van der Waals surface area contributed by atoms with Crippen molar-refractivity contribution in [3.63, 3.8) is 0 Å². The largest absolute Gasteiger partial charge is 0.394 e. The average molecular weight is 345 g/mol. The zero-order valence-electron chi connectivity index (χ0n) is 9.58. The number of benzene rings is 1. The molecule has 0 spiro atoms. The van der Waals surface area contributed by atoms with Gasteiger partial charge in [-0.1, -0.05) is 25.0 Å². The van der Waals surface area contributed by atoms with Gasteiger partial charge in [0.05, 0.1) is 17.7 Å². The summed E-state index contributed by atoms with van der Waals surface area (Å²) in [7, 11) is 0. The molecule has 0 bridgehead atoms. The summed E-state index contributed by atoms with van der Waals surface area (Å²) in [4.78, 5) is 12.2. The highest BCUT2D eigenvalue weighted by Gasteiger charge is 2.35. The molecule has 1 fully saturated rings. The van der Waals surface area contributed by atoms with Crippen LogP contribution in [-0.2, 0) is 0 Å². The van der Waals surface area contributed by atoms with Crippen molar-refractivity contribution < 1.29 is 9.90 Å². The Bertz CT molecular complexity index is 414. The fourth-order valence-corrected chi connectivity index (χ4v) is 2.96. The SMILES string of the molecule is O=C(NC1(CO)CCCC1)c1ccccc1I. The van der Waals surface area contributed by atoms with Crippen molar-refractivity contribution in [3.05, 3.63) is 33.4 Å². The molecule has 92 valence electrons. The molecule has 2 rings (SSSR count). The highest BCUT2D eigenvalue weighted by molar-refractivity contribution is 14.1. The molecule has 0 saturated heterocycles. The lowest BCUT2D eigenvalue weighted by atomic mass is 9.98. The molecule has 2 N–H and O–H groups in total. The summed E-state index contributed by atoms with van der Waals surface area (Å²) in [5.74, 6) is -0.0778. The third-order valence-electron chi connectivity index (χ3n) is 3.36. The zero-order valence-corrected chi connectivity index (χ0v) is 11.7. The molecule has 1 aromatic carbocycles. The average Bonchev–Trinajstić information content (AvgIpc) is 2.79. The van der Waals surface area contributed by atoms with Crippen molar-refractivity contribution >= 4 is 28.5 Å². The van der Waals surface area contributed by atoms with Crippen molar-refractivity contribution in [1.29, 1.82) is 0 Å². The summed E-state index contributed by atoms with van der Waals surface area (Å²) >= 11 is 2.16. The molecule has 4 heteroatoms. The van der Waals surface area contributed by atoms with Gasteiger partial charge in [-0.25, -0.2) is 0 Å². The van der Waals surface area contributed by atoms with E-state index in [2.05, 4.69) is 27.9 Å². The van der Waals surface area contributed by atoms with Gasteiger partial charge in [-0.3, -0.25) is 4.79 Å². The molecule has 17 heavy (non-hydrogen) atoms. The highest BCUT2D eigenvalue weighted by atomic mass is 127. The van der Waals surface area contributed by atoms with Crippen LogP contribution in [0.1, 0.15) is 36.0 Å². The second-order valence-corrected chi connectivity index (χ2v) is 5.74. The fraction of sp³-hybridized carbons (Fsp3) is 0.462. The van der Waals surface area contributed by atoms with E-state index >= 15 is 0 Å². The van der Waals surface area contributed by atoms with E-state index in [1.807, 2.05) is 24.3 Å². The lowest BCUT2D eigenvalue weighted by Gasteiger charge is -2.28. The Kier molecular flexibility index (Phi) is 4.04. The number of rotatable bonds is 3. The van der Waals surface area contributed by atoms with E-state index in [0.29, 0.717) is 5.56 Å². The summed E-state index contributed by atoms with van der Waals surface area (Å²) in [5, 5.41) is 12.5. The van der Waals surface area contributed by atoms with Gasteiger partial charge >= 0.3 is 0 Å². The molecule has 0 radical (unpaired) electrons. The summed E-state index contributed by atoms with van der Waals surface area (Å²) < 4.78 is 0.939. The lowest BCUT2D eigenvalue weighted by Crippen LogP contribution is -2.49. The number of aliphatic hydroxyl groups excluding tert-OH is 1. The van der Waals surface area contributed by atoms with Crippen LogP contribution >= 0.6 is 22.6 Å². The van der Waals surface area contributed by atoms with E-state index in [9.17, 15) is 9.90 Å². The van der Waals surface area contributed by atoms with E-state index < -0.39 is 5.54 Å². The molecular weight excluding hydrogens is 329 g/mol. The monoisotopic (exact) mass is 345 g/mol. The van der Waals surface area contributed by atoms with Crippen LogP contribution in [0, 0.1) is 3.57 Å². The lowest BCUT2D eigenvalue weighted by molar-refractivity contribution is 0.0837. The molecule has 1 amide bonds. The maximum atomic E-state index is 12.2. The van der Waals surface area contributed by atoms with Gasteiger partial charge in [-0.15, -0.1) is 0 Å². The quantitative estimate of drug-likeness (QED) is 0.827. The number of amides is 1. The molecule has 0 aliphatic heterocycles. The maximum Gasteiger partial charge on any atom is 0.252 e. The first kappa shape index (κ1) is 12.8. The number of halogens is 1. The number of carbonyl (C=O) groups excluding carboxylic acids is 1. The normalized spacial score (nSPS) is 18.0. The van der Waals surface area contributed by atoms with Crippen LogP contribution < -0.4 is 5.32 Å². The molecule has 3 nitrogen and oxygen atoms in total. The molecule has 0 atom stereocenters. The van der Waals surface area contributed by atoms with Crippen LogP contribution in [0.2, 0.25) is 0 Å². The fourth-order valence-electron chi connectivity index (χ4n) is 2.33. The van der Waals surface area contributed by atoms with E-state index in [1.165, 1.54) is 0 Å². The van der Waals surface area contributed by atoms with Gasteiger partial charge < -0.3 is 10.4 Å². The summed E-state index contributed by atoms with van der Waals surface area (Å²) in [6.45, 7) is 0.0299. The first-order chi connectivity index (χ1) is 8.17. The number of hydrogen-bond donors (Lipinski definition) is 2. The van der Waals surface area contributed by atoms with Gasteiger partial charge in [0.1, 0.15) is 0 Å². The van der Waals surface area contributed by atoms with Gasteiger partial charge in [-0.05, 0) is 47.6 Å². The molecule has 0 unspecified atom stereocenters. The third kappa shape index (κ3) is 2.80. The first-order valence-corrected chi connectivity index (χ1v) is 6.93. The van der Waals surface area contributed by atoms with Crippen molar-refractivity contribution in [2.24, 2.45) is 0 Å². The molecule has 0 heterocycles. The third-order valence-corrected chi connectivity index (χ3v) is 4.30. The van der Waals surface area contributed by atoms with Crippen LogP contribution in [0.25, 0.3) is 0 Å². The Morgan fingerprint density at radius 3 is 2.59 bits per heavy atom. The second-order valence-electron chi connectivity index (χ2n) is 4.58. The predicted molar refractivity (Wildman–Crippen MR) is 74.9 cm³/mol. The van der Waals surface area contributed by atoms with Crippen molar-refractivity contribution in [3.8, 4) is 0 Å². The number of hydrogen-bond acceptors (Lipinski definition) is 2. The van der Waals surface area contributed by atoms with Crippen LogP contribution in [0.4, 0.5) is 0 Å². The number of nitrogens with one attached hydrogen (secondary N) is 1. The Labute approximate surface area is 115 Å². The highest BCUT2D eigenvalue weighted by Crippen LogP contribution is 2.29. The maximum absolute atomic E-state index is 12.2. The van der Waals surface area contributed by atoms with Gasteiger partial charge in [0.2, 0.25) is 0 Å². The minimum absolute atomic E-state index is 0.0299. The second kappa shape index (κ2) is 5.35. The van der Waals surface area contributed by atoms with Gasteiger partial charge in [0.15, 0.2) is 0 Å². The van der Waals surface area contributed by atoms with Crippen molar-refractivity contribution in [1.82, 2.24) is 5.32 Å². The summed E-state index contributed by atoms with van der Waals surface area (Å²) in [6, 6.07) is 7.50. The van der Waals surface area contributed by atoms with E-state index in [4.69, 9.17) is 0 Å². The molecule has 0 aromatic heterocycles. The summed E-state index contributed by atoms with van der Waals surface area (Å²) in [6.07, 6.45) is 3.90. The molecule has 1 aromatic rings. The van der Waals surface area contributed by atoms with Crippen molar-refractivity contribution in [2.75, 3.05) is 6.61 Å². The van der Waals surface area contributed by atoms with Crippen LogP contribution in [0.3, 0.4) is 0 Å². The van der Waals surface area contributed by atoms with Crippen LogP contribution in [0.15, 0.2) is 24.3 Å². The topological polar surface area (TPSA) is 49.3 Å². The smallest absolute Gasteiger partial charge is 0.252 e. The van der Waals surface area contributed by atoms with E-state index in [-0.39, 0.29) is 12.5 Å². The Hall–Kier alpha value is -0.620. The molecule has 1 aliphatic rings. The molecule has 1 aliphatic carbocycles. The zero-order chi connectivity index (χ0) is 12.3. The van der Waals surface area contributed by atoms with Gasteiger partial charge in [0, 0.05) is 3.57 Å². The first-order valence-electron chi connectivity index (χ1n) is 5.85. The van der Waals surface area contributed by atoms with Crippen LogP contribution in [-0.4, -0.2) is 23.2 Å². The minimum Gasteiger partial charge on any atom is -0.394 e. The van der Waals surface area contributed by atoms with Gasteiger partial charge in [-0.2, -0.15) is 0 Å². The predicted octanol–water partition coefficient (Wildman–Crippen LogP) is 2.33. The Morgan fingerprint density at radius 2 is 2.00 bits per heavy atom. The minimum atomic E-state index is -0.393. The molecule has 1 saturated carbocycles. The van der Waals surface area contributed by atoms with Gasteiger partial charge in [0.25, 0.3) is 5.91 Å².